The molecule has 0 saturated heterocycles. The Morgan fingerprint density at radius 2 is 2.17 bits per heavy atom. The highest BCUT2D eigenvalue weighted by atomic mass is 16.5. The summed E-state index contributed by atoms with van der Waals surface area (Å²) in [6, 6.07) is 9.31. The molecule has 3 aromatic rings. The molecule has 5 heteroatoms. The van der Waals surface area contributed by atoms with Crippen molar-refractivity contribution in [2.75, 3.05) is 5.73 Å². The standard InChI is InChI=1S/C13H12N4O/c14-12-4-1-5-13-16-10(8-17(12)13)9-18-11-3-2-6-15-7-11/h1-8H,9,14H2. The van der Waals surface area contributed by atoms with Crippen molar-refractivity contribution in [1.29, 1.82) is 0 Å². The Hall–Kier alpha value is -2.56. The number of hydrogen-bond acceptors (Lipinski definition) is 4. The number of rotatable bonds is 3. The Labute approximate surface area is 104 Å². The number of nitrogens with zero attached hydrogens (tertiary/aromatic N) is 3. The first-order valence-electron chi connectivity index (χ1n) is 5.58. The maximum atomic E-state index is 5.85. The number of anilines is 1. The zero-order valence-electron chi connectivity index (χ0n) is 9.65. The van der Waals surface area contributed by atoms with E-state index in [0.717, 1.165) is 17.1 Å². The summed E-state index contributed by atoms with van der Waals surface area (Å²) in [5.74, 6) is 1.38. The summed E-state index contributed by atoms with van der Waals surface area (Å²) >= 11 is 0. The molecule has 0 aromatic carbocycles. The van der Waals surface area contributed by atoms with E-state index in [1.807, 2.05) is 40.9 Å². The van der Waals surface area contributed by atoms with Gasteiger partial charge < -0.3 is 10.5 Å². The Bertz CT molecular complexity index is 663. The van der Waals surface area contributed by atoms with E-state index < -0.39 is 0 Å². The Balaban J connectivity index is 1.81. The highest BCUT2D eigenvalue weighted by molar-refractivity contribution is 5.48. The third-order valence-electron chi connectivity index (χ3n) is 2.59. The molecule has 0 amide bonds. The molecule has 90 valence electrons. The molecule has 0 saturated carbocycles. The summed E-state index contributed by atoms with van der Waals surface area (Å²) in [4.78, 5) is 8.41. The summed E-state index contributed by atoms with van der Waals surface area (Å²) < 4.78 is 7.42. The van der Waals surface area contributed by atoms with Crippen LogP contribution in [-0.4, -0.2) is 14.4 Å². The largest absolute Gasteiger partial charge is 0.486 e. The van der Waals surface area contributed by atoms with E-state index in [0.29, 0.717) is 12.4 Å². The summed E-state index contributed by atoms with van der Waals surface area (Å²) in [6.07, 6.45) is 5.25. The molecular formula is C13H12N4O. The third kappa shape index (κ3) is 1.98. The van der Waals surface area contributed by atoms with Gasteiger partial charge in [0.1, 0.15) is 23.8 Å². The van der Waals surface area contributed by atoms with E-state index in [1.54, 1.807) is 12.4 Å². The van der Waals surface area contributed by atoms with Gasteiger partial charge in [-0.3, -0.25) is 9.38 Å². The van der Waals surface area contributed by atoms with Crippen molar-refractivity contribution in [3.63, 3.8) is 0 Å². The fourth-order valence-electron chi connectivity index (χ4n) is 1.74. The highest BCUT2D eigenvalue weighted by Crippen LogP contribution is 2.13. The molecule has 0 aliphatic rings. The number of hydrogen-bond donors (Lipinski definition) is 1. The molecular weight excluding hydrogens is 228 g/mol. The monoisotopic (exact) mass is 240 g/mol. The first-order chi connectivity index (χ1) is 8.83. The van der Waals surface area contributed by atoms with E-state index >= 15 is 0 Å². The van der Waals surface area contributed by atoms with Gasteiger partial charge in [-0.1, -0.05) is 6.07 Å². The first-order valence-corrected chi connectivity index (χ1v) is 5.58. The molecule has 0 radical (unpaired) electrons. The average molecular weight is 240 g/mol. The minimum Gasteiger partial charge on any atom is -0.486 e. The van der Waals surface area contributed by atoms with E-state index in [4.69, 9.17) is 10.5 Å². The van der Waals surface area contributed by atoms with Crippen molar-refractivity contribution in [3.05, 3.63) is 54.6 Å². The number of fused-ring (bicyclic) bond motifs is 1. The molecule has 0 aliphatic heterocycles. The maximum Gasteiger partial charge on any atom is 0.138 e. The number of nitrogen functional groups attached to an aromatic ring is 1. The smallest absolute Gasteiger partial charge is 0.138 e. The van der Waals surface area contributed by atoms with Crippen molar-refractivity contribution in [2.45, 2.75) is 6.61 Å². The highest BCUT2D eigenvalue weighted by Gasteiger charge is 2.04. The molecule has 0 unspecified atom stereocenters. The van der Waals surface area contributed by atoms with Crippen LogP contribution in [0.4, 0.5) is 5.82 Å². The Kier molecular flexibility index (Phi) is 2.57. The minimum atomic E-state index is 0.396. The van der Waals surface area contributed by atoms with Gasteiger partial charge in [0, 0.05) is 12.4 Å². The average Bonchev–Trinajstić information content (AvgIpc) is 2.82. The van der Waals surface area contributed by atoms with Gasteiger partial charge in [-0.15, -0.1) is 0 Å². The zero-order chi connectivity index (χ0) is 12.4. The second kappa shape index (κ2) is 4.37. The van der Waals surface area contributed by atoms with E-state index in [2.05, 4.69) is 9.97 Å². The second-order valence-corrected chi connectivity index (χ2v) is 3.89. The molecule has 3 rings (SSSR count). The number of aromatic nitrogens is 3. The van der Waals surface area contributed by atoms with Gasteiger partial charge in [0.2, 0.25) is 0 Å². The quantitative estimate of drug-likeness (QED) is 0.759. The van der Waals surface area contributed by atoms with Crippen molar-refractivity contribution in [3.8, 4) is 5.75 Å². The van der Waals surface area contributed by atoms with Gasteiger partial charge in [-0.25, -0.2) is 4.98 Å². The van der Waals surface area contributed by atoms with Gasteiger partial charge in [0.05, 0.1) is 11.9 Å². The fraction of sp³-hybridized carbons (Fsp3) is 0.0769. The van der Waals surface area contributed by atoms with Crippen LogP contribution in [0.2, 0.25) is 0 Å². The molecule has 0 aliphatic carbocycles. The molecule has 5 nitrogen and oxygen atoms in total. The lowest BCUT2D eigenvalue weighted by molar-refractivity contribution is 0.301. The van der Waals surface area contributed by atoms with Crippen LogP contribution in [0.25, 0.3) is 5.65 Å². The Morgan fingerprint density at radius 3 is 2.94 bits per heavy atom. The summed E-state index contributed by atoms with van der Waals surface area (Å²) in [7, 11) is 0. The number of nitrogens with two attached hydrogens (primary N) is 1. The molecule has 0 spiro atoms. The third-order valence-corrected chi connectivity index (χ3v) is 2.59. The van der Waals surface area contributed by atoms with Gasteiger partial charge >= 0.3 is 0 Å². The normalized spacial score (nSPS) is 10.7. The maximum absolute atomic E-state index is 5.85. The van der Waals surface area contributed by atoms with Crippen LogP contribution < -0.4 is 10.5 Å². The van der Waals surface area contributed by atoms with Crippen LogP contribution in [0.3, 0.4) is 0 Å². The first kappa shape index (κ1) is 10.6. The van der Waals surface area contributed by atoms with Crippen LogP contribution in [0.5, 0.6) is 5.75 Å². The van der Waals surface area contributed by atoms with E-state index in [-0.39, 0.29) is 0 Å². The van der Waals surface area contributed by atoms with Crippen molar-refractivity contribution < 1.29 is 4.74 Å². The van der Waals surface area contributed by atoms with Crippen LogP contribution in [0.1, 0.15) is 5.69 Å². The number of ether oxygens (including phenoxy) is 1. The summed E-state index contributed by atoms with van der Waals surface area (Å²) in [6.45, 7) is 0.396. The predicted octanol–water partition coefficient (Wildman–Crippen LogP) is 1.89. The van der Waals surface area contributed by atoms with Crippen LogP contribution >= 0.6 is 0 Å². The SMILES string of the molecule is Nc1cccc2nc(COc3cccnc3)cn12. The van der Waals surface area contributed by atoms with Gasteiger partial charge in [-0.05, 0) is 24.3 Å². The van der Waals surface area contributed by atoms with E-state index in [9.17, 15) is 0 Å². The zero-order valence-corrected chi connectivity index (χ0v) is 9.65. The second-order valence-electron chi connectivity index (χ2n) is 3.89. The van der Waals surface area contributed by atoms with Crippen molar-refractivity contribution in [2.24, 2.45) is 0 Å². The summed E-state index contributed by atoms with van der Waals surface area (Å²) in [5, 5.41) is 0. The fourth-order valence-corrected chi connectivity index (χ4v) is 1.74. The number of imidazole rings is 1. The molecule has 2 N–H and O–H groups in total. The van der Waals surface area contributed by atoms with Crippen LogP contribution in [0, 0.1) is 0 Å². The van der Waals surface area contributed by atoms with Crippen molar-refractivity contribution in [1.82, 2.24) is 14.4 Å². The van der Waals surface area contributed by atoms with Crippen molar-refractivity contribution >= 4 is 11.5 Å². The lowest BCUT2D eigenvalue weighted by Gasteiger charge is -2.01. The molecule has 18 heavy (non-hydrogen) atoms. The molecule has 3 heterocycles. The van der Waals surface area contributed by atoms with Crippen LogP contribution in [0.15, 0.2) is 48.9 Å². The molecule has 0 fully saturated rings. The predicted molar refractivity (Wildman–Crippen MR) is 68.2 cm³/mol. The minimum absolute atomic E-state index is 0.396. The Morgan fingerprint density at radius 1 is 1.22 bits per heavy atom. The molecule has 3 aromatic heterocycles. The summed E-state index contributed by atoms with van der Waals surface area (Å²) in [5.41, 5.74) is 7.50. The van der Waals surface area contributed by atoms with Gasteiger partial charge in [-0.2, -0.15) is 0 Å². The lowest BCUT2D eigenvalue weighted by Crippen LogP contribution is -1.96. The molecule has 0 atom stereocenters. The molecule has 0 bridgehead atoms. The van der Waals surface area contributed by atoms with Crippen LogP contribution in [-0.2, 0) is 6.61 Å². The topological polar surface area (TPSA) is 65.4 Å². The van der Waals surface area contributed by atoms with E-state index in [1.165, 1.54) is 0 Å². The number of pyridine rings is 2. The van der Waals surface area contributed by atoms with Gasteiger partial charge in [0.15, 0.2) is 0 Å². The lowest BCUT2D eigenvalue weighted by atomic mass is 10.4. The van der Waals surface area contributed by atoms with Gasteiger partial charge in [0.25, 0.3) is 0 Å².